The molecular weight excluding hydrogens is 196 g/mol. The number of unbranched alkanes of at least 4 members (excludes halogenated alkanes) is 1. The molecule has 0 rings (SSSR count). The van der Waals surface area contributed by atoms with E-state index in [0.29, 0.717) is 11.0 Å². The van der Waals surface area contributed by atoms with Crippen LogP contribution in [0.3, 0.4) is 0 Å². The average molecular weight is 218 g/mol. The zero-order valence-corrected chi connectivity index (χ0v) is 10.0. The smallest absolute Gasteiger partial charge is 0.0727 e. The lowest BCUT2D eigenvalue weighted by Gasteiger charge is -2.25. The largest absolute Gasteiger partial charge is 0.395 e. The molecule has 0 aromatic rings. The summed E-state index contributed by atoms with van der Waals surface area (Å²) in [6, 6.07) is 0.493. The number of aliphatic hydroxyl groups excluding tert-OH is 1. The molecule has 0 saturated heterocycles. The number of nitrogens with two attached hydrogens (primary N) is 1. The van der Waals surface area contributed by atoms with Crippen LogP contribution in [0.1, 0.15) is 33.1 Å². The van der Waals surface area contributed by atoms with E-state index in [-0.39, 0.29) is 6.61 Å². The molecule has 0 aliphatic heterocycles. The van der Waals surface area contributed by atoms with Crippen molar-refractivity contribution in [2.24, 2.45) is 5.73 Å². The third-order valence-corrected chi connectivity index (χ3v) is 2.44. The van der Waals surface area contributed by atoms with Gasteiger partial charge in [-0.3, -0.25) is 4.90 Å². The summed E-state index contributed by atoms with van der Waals surface area (Å²) in [4.78, 5) is 2.86. The number of hydrogen-bond acceptors (Lipinski definition) is 3. The van der Waals surface area contributed by atoms with Crippen LogP contribution in [0.15, 0.2) is 0 Å². The molecule has 3 nitrogen and oxygen atoms in total. The Labute approximate surface area is 92.3 Å². The quantitative estimate of drug-likeness (QED) is 0.474. The molecule has 3 N–H and O–H groups in total. The Morgan fingerprint density at radius 1 is 1.36 bits per heavy atom. The van der Waals surface area contributed by atoms with Gasteiger partial charge in [-0.2, -0.15) is 0 Å². The molecular formula is C10H22N2OS. The number of thiocarbonyl (C=S) groups is 1. The second-order valence-corrected chi connectivity index (χ2v) is 4.30. The Morgan fingerprint density at radius 2 is 2.00 bits per heavy atom. The highest BCUT2D eigenvalue weighted by atomic mass is 32.1. The third kappa shape index (κ3) is 7.24. The zero-order valence-electron chi connectivity index (χ0n) is 9.20. The Bertz CT molecular complexity index is 162. The van der Waals surface area contributed by atoms with Crippen molar-refractivity contribution in [1.29, 1.82) is 0 Å². The van der Waals surface area contributed by atoms with Gasteiger partial charge in [0.1, 0.15) is 0 Å². The first-order valence-electron chi connectivity index (χ1n) is 5.21. The van der Waals surface area contributed by atoms with Crippen molar-refractivity contribution in [3.05, 3.63) is 0 Å². The van der Waals surface area contributed by atoms with Gasteiger partial charge >= 0.3 is 0 Å². The molecule has 0 unspecified atom stereocenters. The Morgan fingerprint density at radius 3 is 2.43 bits per heavy atom. The fourth-order valence-corrected chi connectivity index (χ4v) is 1.52. The molecule has 0 bridgehead atoms. The van der Waals surface area contributed by atoms with E-state index in [2.05, 4.69) is 18.7 Å². The van der Waals surface area contributed by atoms with Crippen molar-refractivity contribution >= 4 is 17.2 Å². The van der Waals surface area contributed by atoms with Crippen LogP contribution in [0.25, 0.3) is 0 Å². The van der Waals surface area contributed by atoms with Gasteiger partial charge in [0.25, 0.3) is 0 Å². The SMILES string of the molecule is CC(C)N(CCO)CCCCC(N)=S. The monoisotopic (exact) mass is 218 g/mol. The molecule has 84 valence electrons. The summed E-state index contributed by atoms with van der Waals surface area (Å²) in [7, 11) is 0. The molecule has 4 heteroatoms. The van der Waals surface area contributed by atoms with Crippen molar-refractivity contribution in [2.75, 3.05) is 19.7 Å². The molecule has 0 aromatic carbocycles. The van der Waals surface area contributed by atoms with Gasteiger partial charge in [-0.05, 0) is 39.7 Å². The topological polar surface area (TPSA) is 49.5 Å². The third-order valence-electron chi connectivity index (χ3n) is 2.24. The first-order valence-corrected chi connectivity index (χ1v) is 5.62. The number of aliphatic hydroxyl groups is 1. The van der Waals surface area contributed by atoms with Crippen molar-refractivity contribution in [1.82, 2.24) is 4.90 Å². The van der Waals surface area contributed by atoms with Crippen LogP contribution in [-0.4, -0.2) is 40.7 Å². The summed E-state index contributed by atoms with van der Waals surface area (Å²) >= 11 is 4.80. The standard InChI is InChI=1S/C10H22N2OS/c1-9(2)12(7-8-13)6-4-3-5-10(11)14/h9,13H,3-8H2,1-2H3,(H2,11,14). The van der Waals surface area contributed by atoms with Gasteiger partial charge in [0, 0.05) is 12.6 Å². The van der Waals surface area contributed by atoms with E-state index in [4.69, 9.17) is 23.1 Å². The molecule has 0 aliphatic carbocycles. The van der Waals surface area contributed by atoms with Gasteiger partial charge in [0.05, 0.1) is 11.6 Å². The zero-order chi connectivity index (χ0) is 11.0. The van der Waals surface area contributed by atoms with Gasteiger partial charge in [0.2, 0.25) is 0 Å². The van der Waals surface area contributed by atoms with Crippen LogP contribution in [0.5, 0.6) is 0 Å². The van der Waals surface area contributed by atoms with Crippen LogP contribution < -0.4 is 5.73 Å². The predicted octanol–water partition coefficient (Wildman–Crippen LogP) is 1.15. The van der Waals surface area contributed by atoms with E-state index in [1.807, 2.05) is 0 Å². The molecule has 0 aliphatic rings. The van der Waals surface area contributed by atoms with Gasteiger partial charge in [0.15, 0.2) is 0 Å². The van der Waals surface area contributed by atoms with E-state index >= 15 is 0 Å². The van der Waals surface area contributed by atoms with Crippen molar-refractivity contribution < 1.29 is 5.11 Å². The van der Waals surface area contributed by atoms with Crippen LogP contribution in [0, 0.1) is 0 Å². The molecule has 0 aromatic heterocycles. The van der Waals surface area contributed by atoms with E-state index < -0.39 is 0 Å². The first kappa shape index (κ1) is 13.8. The van der Waals surface area contributed by atoms with Crippen molar-refractivity contribution in [2.45, 2.75) is 39.2 Å². The van der Waals surface area contributed by atoms with Gasteiger partial charge in [-0.15, -0.1) is 0 Å². The maximum absolute atomic E-state index is 8.85. The number of nitrogens with zero attached hydrogens (tertiary/aromatic N) is 1. The molecule has 14 heavy (non-hydrogen) atoms. The lowest BCUT2D eigenvalue weighted by atomic mass is 10.2. The summed E-state index contributed by atoms with van der Waals surface area (Å²) in [6.07, 6.45) is 2.97. The maximum Gasteiger partial charge on any atom is 0.0727 e. The van der Waals surface area contributed by atoms with Crippen LogP contribution in [-0.2, 0) is 0 Å². The van der Waals surface area contributed by atoms with E-state index in [1.165, 1.54) is 0 Å². The van der Waals surface area contributed by atoms with Gasteiger partial charge in [-0.1, -0.05) is 12.2 Å². The summed E-state index contributed by atoms with van der Waals surface area (Å²) in [5.41, 5.74) is 5.41. The van der Waals surface area contributed by atoms with Gasteiger partial charge < -0.3 is 10.8 Å². The number of rotatable bonds is 8. The van der Waals surface area contributed by atoms with Crippen molar-refractivity contribution in [3.8, 4) is 0 Å². The number of hydrogen-bond donors (Lipinski definition) is 2. The summed E-state index contributed by atoms with van der Waals surface area (Å²) < 4.78 is 0. The first-order chi connectivity index (χ1) is 6.57. The molecule has 0 spiro atoms. The maximum atomic E-state index is 8.85. The Hall–Kier alpha value is -0.190. The highest BCUT2D eigenvalue weighted by Gasteiger charge is 2.07. The summed E-state index contributed by atoms with van der Waals surface area (Å²) in [6.45, 7) is 6.28. The lowest BCUT2D eigenvalue weighted by Crippen LogP contribution is -2.34. The minimum atomic E-state index is 0.230. The average Bonchev–Trinajstić information content (AvgIpc) is 2.09. The molecule has 0 atom stereocenters. The highest BCUT2D eigenvalue weighted by Crippen LogP contribution is 2.02. The highest BCUT2D eigenvalue weighted by molar-refractivity contribution is 7.80. The minimum Gasteiger partial charge on any atom is -0.395 e. The van der Waals surface area contributed by atoms with Crippen LogP contribution in [0.4, 0.5) is 0 Å². The van der Waals surface area contributed by atoms with Crippen LogP contribution >= 0.6 is 12.2 Å². The van der Waals surface area contributed by atoms with Crippen LogP contribution in [0.2, 0.25) is 0 Å². The molecule has 0 fully saturated rings. The van der Waals surface area contributed by atoms with Gasteiger partial charge in [-0.25, -0.2) is 0 Å². The minimum absolute atomic E-state index is 0.230. The summed E-state index contributed by atoms with van der Waals surface area (Å²) in [5.74, 6) is 0. The second kappa shape index (κ2) is 8.15. The normalized spacial score (nSPS) is 11.2. The predicted molar refractivity (Wildman–Crippen MR) is 64.4 cm³/mol. The Balaban J connectivity index is 3.55. The Kier molecular flexibility index (Phi) is 8.04. The fraction of sp³-hybridized carbons (Fsp3) is 0.900. The van der Waals surface area contributed by atoms with E-state index in [0.717, 1.165) is 32.4 Å². The molecule has 0 amide bonds. The molecule has 0 saturated carbocycles. The molecule has 0 radical (unpaired) electrons. The van der Waals surface area contributed by atoms with E-state index in [1.54, 1.807) is 0 Å². The molecule has 0 heterocycles. The lowest BCUT2D eigenvalue weighted by molar-refractivity contribution is 0.164. The summed E-state index contributed by atoms with van der Waals surface area (Å²) in [5, 5.41) is 8.85. The second-order valence-electron chi connectivity index (χ2n) is 3.78. The fourth-order valence-electron chi connectivity index (χ4n) is 1.37. The van der Waals surface area contributed by atoms with Crippen molar-refractivity contribution in [3.63, 3.8) is 0 Å². The van der Waals surface area contributed by atoms with E-state index in [9.17, 15) is 0 Å².